The Hall–Kier alpha value is -5.14. The van der Waals surface area contributed by atoms with Gasteiger partial charge >= 0.3 is 6.09 Å². The zero-order valence-electron chi connectivity index (χ0n) is 20.2. The van der Waals surface area contributed by atoms with Crippen LogP contribution in [0.25, 0.3) is 5.69 Å². The monoisotopic (exact) mass is 523 g/mol. The number of rotatable bonds is 9. The number of amides is 2. The predicted octanol–water partition coefficient (Wildman–Crippen LogP) is 3.30. The molecular weight excluding hydrogens is 500 g/mol. The third-order valence-electron chi connectivity index (χ3n) is 5.55. The van der Waals surface area contributed by atoms with Gasteiger partial charge in [-0.05, 0) is 43.7 Å². The molecule has 0 spiro atoms. The predicted molar refractivity (Wildman–Crippen MR) is 133 cm³/mol. The van der Waals surface area contributed by atoms with Crippen molar-refractivity contribution in [1.29, 1.82) is 0 Å². The number of carbonyl (C=O) groups excluding carboxylic acids is 1. The van der Waals surface area contributed by atoms with E-state index in [9.17, 15) is 19.1 Å². The summed E-state index contributed by atoms with van der Waals surface area (Å²) in [6, 6.07) is 6.18. The van der Waals surface area contributed by atoms with Crippen LogP contribution >= 0.6 is 0 Å². The molecule has 4 aromatic rings. The van der Waals surface area contributed by atoms with E-state index in [-0.39, 0.29) is 17.2 Å². The molecular formula is C24H23F2N9O3. The normalized spacial score (nSPS) is 12.4. The Labute approximate surface area is 214 Å². The van der Waals surface area contributed by atoms with E-state index in [1.807, 2.05) is 0 Å². The van der Waals surface area contributed by atoms with Crippen molar-refractivity contribution in [2.75, 3.05) is 10.6 Å². The first-order valence-corrected chi connectivity index (χ1v) is 11.2. The van der Waals surface area contributed by atoms with Crippen LogP contribution in [0.2, 0.25) is 0 Å². The number of pyridine rings is 2. The van der Waals surface area contributed by atoms with Gasteiger partial charge in [0.05, 0.1) is 47.6 Å². The highest BCUT2D eigenvalue weighted by Crippen LogP contribution is 2.29. The van der Waals surface area contributed by atoms with Crippen molar-refractivity contribution < 1.29 is 23.5 Å². The number of aromatic nitrogens is 5. The lowest BCUT2D eigenvalue weighted by Crippen LogP contribution is -2.39. The number of hydrogen-bond donors (Lipinski definition) is 5. The van der Waals surface area contributed by atoms with Crippen LogP contribution in [-0.2, 0) is 0 Å². The SMILES string of the molecule is Cc1ncc(Nc2nc(N[C@@H](c3cccc(F)c3)[C@H](C)NC(=O)O)c(F)cc2C(N)=O)cc1-n1nccn1. The fourth-order valence-corrected chi connectivity index (χ4v) is 3.76. The first-order chi connectivity index (χ1) is 18.1. The third-order valence-corrected chi connectivity index (χ3v) is 5.55. The van der Waals surface area contributed by atoms with Gasteiger partial charge in [-0.2, -0.15) is 10.2 Å². The van der Waals surface area contributed by atoms with E-state index < -0.39 is 35.7 Å². The van der Waals surface area contributed by atoms with Crippen LogP contribution in [0.3, 0.4) is 0 Å². The van der Waals surface area contributed by atoms with Gasteiger partial charge in [0.15, 0.2) is 11.6 Å². The van der Waals surface area contributed by atoms with Crippen LogP contribution < -0.4 is 21.7 Å². The summed E-state index contributed by atoms with van der Waals surface area (Å²) in [4.78, 5) is 33.2. The fraction of sp³-hybridized carbons (Fsp3) is 0.167. The van der Waals surface area contributed by atoms with Crippen LogP contribution in [0, 0.1) is 18.6 Å². The van der Waals surface area contributed by atoms with Crippen LogP contribution in [0.15, 0.2) is 55.0 Å². The van der Waals surface area contributed by atoms with Crippen LogP contribution in [0.1, 0.15) is 34.6 Å². The molecule has 12 nitrogen and oxygen atoms in total. The molecule has 3 aromatic heterocycles. The second-order valence-electron chi connectivity index (χ2n) is 8.27. The highest BCUT2D eigenvalue weighted by atomic mass is 19.1. The highest BCUT2D eigenvalue weighted by molar-refractivity contribution is 5.98. The molecule has 1 aromatic carbocycles. The maximum Gasteiger partial charge on any atom is 0.404 e. The lowest BCUT2D eigenvalue weighted by molar-refractivity contribution is 0.1000. The number of carbonyl (C=O) groups is 2. The number of nitrogens with two attached hydrogens (primary N) is 1. The van der Waals surface area contributed by atoms with E-state index in [1.54, 1.807) is 19.1 Å². The molecule has 6 N–H and O–H groups in total. The van der Waals surface area contributed by atoms with Crippen LogP contribution in [0.4, 0.5) is 30.9 Å². The molecule has 0 bridgehead atoms. The second kappa shape index (κ2) is 10.9. The average Bonchev–Trinajstić information content (AvgIpc) is 3.39. The summed E-state index contributed by atoms with van der Waals surface area (Å²) in [7, 11) is 0. The van der Waals surface area contributed by atoms with Crippen LogP contribution in [-0.4, -0.2) is 48.1 Å². The lowest BCUT2D eigenvalue weighted by atomic mass is 10.00. The van der Waals surface area contributed by atoms with Gasteiger partial charge in [-0.1, -0.05) is 12.1 Å². The Bertz CT molecular complexity index is 1480. The van der Waals surface area contributed by atoms with E-state index in [0.29, 0.717) is 22.6 Å². The number of nitrogens with zero attached hydrogens (tertiary/aromatic N) is 5. The molecule has 3 heterocycles. The zero-order chi connectivity index (χ0) is 27.4. The maximum absolute atomic E-state index is 15.1. The Kier molecular flexibility index (Phi) is 7.41. The smallest absolute Gasteiger partial charge is 0.404 e. The Morgan fingerprint density at radius 2 is 1.84 bits per heavy atom. The van der Waals surface area contributed by atoms with Crippen LogP contribution in [0.5, 0.6) is 0 Å². The van der Waals surface area contributed by atoms with Crippen molar-refractivity contribution in [3.8, 4) is 5.69 Å². The summed E-state index contributed by atoms with van der Waals surface area (Å²) in [5, 5.41) is 25.4. The van der Waals surface area contributed by atoms with Gasteiger partial charge in [0.2, 0.25) is 0 Å². The molecule has 0 saturated heterocycles. The molecule has 38 heavy (non-hydrogen) atoms. The Morgan fingerprint density at radius 3 is 2.50 bits per heavy atom. The van der Waals surface area contributed by atoms with Gasteiger partial charge in [0.1, 0.15) is 17.3 Å². The van der Waals surface area contributed by atoms with Gasteiger partial charge < -0.3 is 26.8 Å². The fourth-order valence-electron chi connectivity index (χ4n) is 3.76. The largest absolute Gasteiger partial charge is 0.465 e. The minimum atomic E-state index is -1.32. The Balaban J connectivity index is 1.73. The van der Waals surface area contributed by atoms with E-state index in [1.165, 1.54) is 48.5 Å². The quantitative estimate of drug-likeness (QED) is 0.221. The minimum Gasteiger partial charge on any atom is -0.465 e. The van der Waals surface area contributed by atoms with Gasteiger partial charge in [0.25, 0.3) is 5.91 Å². The summed E-state index contributed by atoms with van der Waals surface area (Å²) >= 11 is 0. The van der Waals surface area contributed by atoms with Crippen molar-refractivity contribution in [3.63, 3.8) is 0 Å². The first kappa shape index (κ1) is 25.9. The molecule has 0 aliphatic heterocycles. The summed E-state index contributed by atoms with van der Waals surface area (Å²) < 4.78 is 29.1. The third kappa shape index (κ3) is 5.80. The number of benzene rings is 1. The van der Waals surface area contributed by atoms with E-state index in [2.05, 4.69) is 36.1 Å². The topological polar surface area (TPSA) is 173 Å². The molecule has 0 aliphatic carbocycles. The summed E-state index contributed by atoms with van der Waals surface area (Å²) in [6.07, 6.45) is 3.15. The number of halogens is 2. The van der Waals surface area contributed by atoms with Crippen molar-refractivity contribution in [2.24, 2.45) is 5.73 Å². The number of aryl methyl sites for hydroxylation is 1. The van der Waals surface area contributed by atoms with Gasteiger partial charge in [-0.25, -0.2) is 18.6 Å². The van der Waals surface area contributed by atoms with Crippen molar-refractivity contribution >= 4 is 29.3 Å². The molecule has 0 aliphatic rings. The van der Waals surface area contributed by atoms with Gasteiger partial charge in [-0.3, -0.25) is 9.78 Å². The zero-order valence-corrected chi connectivity index (χ0v) is 20.2. The number of hydrogen-bond acceptors (Lipinski definition) is 8. The minimum absolute atomic E-state index is 0.0942. The molecule has 2 amide bonds. The number of nitrogens with one attached hydrogen (secondary N) is 3. The second-order valence-corrected chi connectivity index (χ2v) is 8.27. The first-order valence-electron chi connectivity index (χ1n) is 11.2. The summed E-state index contributed by atoms with van der Waals surface area (Å²) in [5.74, 6) is -2.87. The molecule has 0 radical (unpaired) electrons. The lowest BCUT2D eigenvalue weighted by Gasteiger charge is -2.26. The van der Waals surface area contributed by atoms with E-state index in [4.69, 9.17) is 5.73 Å². The average molecular weight is 524 g/mol. The van der Waals surface area contributed by atoms with Gasteiger partial charge in [-0.15, -0.1) is 4.80 Å². The summed E-state index contributed by atoms with van der Waals surface area (Å²) in [6.45, 7) is 3.28. The molecule has 196 valence electrons. The molecule has 14 heteroatoms. The number of anilines is 3. The van der Waals surface area contributed by atoms with Crippen molar-refractivity contribution in [3.05, 3.63) is 83.4 Å². The number of primary amides is 1. The van der Waals surface area contributed by atoms with E-state index >= 15 is 4.39 Å². The molecule has 0 fully saturated rings. The van der Waals surface area contributed by atoms with Crippen molar-refractivity contribution in [1.82, 2.24) is 30.3 Å². The van der Waals surface area contributed by atoms with Crippen molar-refractivity contribution in [2.45, 2.75) is 25.9 Å². The molecule has 0 saturated carbocycles. The Morgan fingerprint density at radius 1 is 1.11 bits per heavy atom. The highest BCUT2D eigenvalue weighted by Gasteiger charge is 2.25. The molecule has 2 atom stereocenters. The number of carboxylic acid groups (broad SMARTS) is 1. The standard InChI is InChI=1S/C24H23F2N9O3/c1-12-19(35-29-6-7-30-35)9-16(11-28-12)32-22-17(21(27)36)10-18(26)23(34-22)33-20(13(2)31-24(37)38)14-4-3-5-15(25)8-14/h3-11,13,20,31H,1-2H3,(H2,27,36)(H,37,38)(H2,32,33,34)/t13-,20+/m0/s1. The van der Waals surface area contributed by atoms with E-state index in [0.717, 1.165) is 6.07 Å². The summed E-state index contributed by atoms with van der Waals surface area (Å²) in [5.41, 5.74) is 7.09. The van der Waals surface area contributed by atoms with Gasteiger partial charge in [0, 0.05) is 0 Å². The maximum atomic E-state index is 15.1. The molecule has 0 unspecified atom stereocenters. The molecule has 4 rings (SSSR count).